The Morgan fingerprint density at radius 2 is 1.91 bits per heavy atom. The number of aromatic hydroxyl groups is 1. The van der Waals surface area contributed by atoms with Gasteiger partial charge in [-0.05, 0) is 32.0 Å². The van der Waals surface area contributed by atoms with Gasteiger partial charge in [-0.1, -0.05) is 24.8 Å². The maximum absolute atomic E-state index is 10.1. The molecule has 130 valence electrons. The van der Waals surface area contributed by atoms with Gasteiger partial charge in [-0.2, -0.15) is 0 Å². The van der Waals surface area contributed by atoms with Crippen molar-refractivity contribution >= 4 is 20.0 Å². The molecular formula is C17H30N2O3Si. The molecule has 0 aromatic heterocycles. The van der Waals surface area contributed by atoms with E-state index in [2.05, 4.69) is 43.5 Å². The number of anilines is 1. The summed E-state index contributed by atoms with van der Waals surface area (Å²) in [6, 6.07) is 6.66. The summed E-state index contributed by atoms with van der Waals surface area (Å²) >= 11 is 0. The van der Waals surface area contributed by atoms with Crippen molar-refractivity contribution in [3.63, 3.8) is 0 Å². The number of nitrogens with zero attached hydrogens (tertiary/aromatic N) is 2. The number of oxime groups is 1. The van der Waals surface area contributed by atoms with Crippen LogP contribution in [0.1, 0.15) is 19.4 Å². The average Bonchev–Trinajstić information content (AvgIpc) is 2.48. The zero-order valence-electron chi connectivity index (χ0n) is 15.0. The molecule has 1 aromatic carbocycles. The zero-order chi connectivity index (χ0) is 17.3. The largest absolute Gasteiger partial charge is 0.507 e. The van der Waals surface area contributed by atoms with E-state index in [1.165, 1.54) is 6.21 Å². The van der Waals surface area contributed by atoms with Crippen LogP contribution in [-0.4, -0.2) is 45.9 Å². The Balaban J connectivity index is 2.42. The van der Waals surface area contributed by atoms with Crippen LogP contribution in [0.5, 0.6) is 5.75 Å². The molecule has 5 nitrogen and oxygen atoms in total. The number of benzene rings is 1. The molecule has 0 radical (unpaired) electrons. The van der Waals surface area contributed by atoms with Gasteiger partial charge in [-0.15, -0.1) is 0 Å². The molecule has 23 heavy (non-hydrogen) atoms. The second-order valence-corrected chi connectivity index (χ2v) is 12.2. The summed E-state index contributed by atoms with van der Waals surface area (Å²) in [6.45, 7) is 13.7. The van der Waals surface area contributed by atoms with Gasteiger partial charge in [0.1, 0.15) is 5.75 Å². The summed E-state index contributed by atoms with van der Waals surface area (Å²) in [4.78, 5) is 7.24. The SMILES string of the molecule is CCN(CC)c1ccc(/C=N/OCOCC[Si](C)(C)C)c(O)c1. The molecule has 6 heteroatoms. The molecule has 0 saturated heterocycles. The lowest BCUT2D eigenvalue weighted by Gasteiger charge is -2.21. The molecule has 0 spiro atoms. The molecule has 1 aromatic rings. The first-order valence-corrected chi connectivity index (χ1v) is 11.9. The summed E-state index contributed by atoms with van der Waals surface area (Å²) in [5.41, 5.74) is 1.63. The summed E-state index contributed by atoms with van der Waals surface area (Å²) in [5.74, 6) is 0.196. The van der Waals surface area contributed by atoms with E-state index in [1.807, 2.05) is 12.1 Å². The van der Waals surface area contributed by atoms with Crippen LogP contribution in [0.2, 0.25) is 25.7 Å². The minimum atomic E-state index is -1.06. The van der Waals surface area contributed by atoms with E-state index < -0.39 is 8.07 Å². The minimum Gasteiger partial charge on any atom is -0.507 e. The van der Waals surface area contributed by atoms with Crippen LogP contribution in [0.3, 0.4) is 0 Å². The van der Waals surface area contributed by atoms with Crippen molar-refractivity contribution in [2.24, 2.45) is 5.16 Å². The van der Waals surface area contributed by atoms with E-state index >= 15 is 0 Å². The van der Waals surface area contributed by atoms with Crippen LogP contribution >= 0.6 is 0 Å². The lowest BCUT2D eigenvalue weighted by atomic mass is 10.2. The highest BCUT2D eigenvalue weighted by Gasteiger charge is 2.11. The van der Waals surface area contributed by atoms with Gasteiger partial charge in [0.05, 0.1) is 6.21 Å². The summed E-state index contributed by atoms with van der Waals surface area (Å²) < 4.78 is 5.39. The fraction of sp³-hybridized carbons (Fsp3) is 0.588. The van der Waals surface area contributed by atoms with Crippen molar-refractivity contribution in [1.29, 1.82) is 0 Å². The van der Waals surface area contributed by atoms with Gasteiger partial charge in [0.25, 0.3) is 0 Å². The normalized spacial score (nSPS) is 11.9. The number of ether oxygens (including phenoxy) is 1. The number of rotatable bonds is 10. The Bertz CT molecular complexity index is 497. The first-order valence-electron chi connectivity index (χ1n) is 8.18. The molecule has 1 N–H and O–H groups in total. The quantitative estimate of drug-likeness (QED) is 0.231. The summed E-state index contributed by atoms with van der Waals surface area (Å²) in [7, 11) is -1.06. The molecule has 1 rings (SSSR count). The predicted molar refractivity (Wildman–Crippen MR) is 99.3 cm³/mol. The van der Waals surface area contributed by atoms with Crippen molar-refractivity contribution in [2.45, 2.75) is 39.5 Å². The Labute approximate surface area is 140 Å². The van der Waals surface area contributed by atoms with Crippen LogP contribution in [0.4, 0.5) is 5.69 Å². The maximum Gasteiger partial charge on any atom is 0.216 e. The Morgan fingerprint density at radius 1 is 1.22 bits per heavy atom. The zero-order valence-corrected chi connectivity index (χ0v) is 16.0. The lowest BCUT2D eigenvalue weighted by molar-refractivity contribution is -0.0471. The first kappa shape index (κ1) is 19.5. The molecule has 0 amide bonds. The van der Waals surface area contributed by atoms with Crippen molar-refractivity contribution in [3.05, 3.63) is 23.8 Å². The molecule has 0 aliphatic rings. The van der Waals surface area contributed by atoms with Crippen LogP contribution in [-0.2, 0) is 9.57 Å². The van der Waals surface area contributed by atoms with Crippen LogP contribution < -0.4 is 4.90 Å². The Morgan fingerprint density at radius 3 is 2.48 bits per heavy atom. The van der Waals surface area contributed by atoms with E-state index in [-0.39, 0.29) is 12.5 Å². The van der Waals surface area contributed by atoms with Crippen LogP contribution in [0.15, 0.2) is 23.4 Å². The second kappa shape index (κ2) is 9.57. The van der Waals surface area contributed by atoms with Gasteiger partial charge in [-0.25, -0.2) is 0 Å². The first-order chi connectivity index (χ1) is 10.9. The van der Waals surface area contributed by atoms with E-state index in [9.17, 15) is 5.11 Å². The highest BCUT2D eigenvalue weighted by Crippen LogP contribution is 2.23. The molecule has 0 fully saturated rings. The van der Waals surface area contributed by atoms with Gasteiger partial charge >= 0.3 is 0 Å². The Hall–Kier alpha value is -1.53. The topological polar surface area (TPSA) is 54.3 Å². The smallest absolute Gasteiger partial charge is 0.216 e. The third kappa shape index (κ3) is 7.52. The minimum absolute atomic E-state index is 0.138. The van der Waals surface area contributed by atoms with E-state index in [4.69, 9.17) is 9.57 Å². The highest BCUT2D eigenvalue weighted by molar-refractivity contribution is 6.76. The average molecular weight is 339 g/mol. The van der Waals surface area contributed by atoms with Crippen molar-refractivity contribution in [2.75, 3.05) is 31.4 Å². The number of hydrogen-bond donors (Lipinski definition) is 1. The van der Waals surface area contributed by atoms with Gasteiger partial charge < -0.3 is 19.6 Å². The molecule has 0 atom stereocenters. The van der Waals surface area contributed by atoms with E-state index in [0.717, 1.165) is 24.8 Å². The third-order valence-electron chi connectivity index (χ3n) is 3.54. The third-order valence-corrected chi connectivity index (χ3v) is 5.25. The van der Waals surface area contributed by atoms with Crippen LogP contribution in [0, 0.1) is 0 Å². The fourth-order valence-electron chi connectivity index (χ4n) is 2.03. The molecule has 0 bridgehead atoms. The molecule has 0 heterocycles. The summed E-state index contributed by atoms with van der Waals surface area (Å²) in [5, 5.41) is 13.9. The number of phenols is 1. The monoisotopic (exact) mass is 338 g/mol. The van der Waals surface area contributed by atoms with Gasteiger partial charge in [0, 0.05) is 45.1 Å². The highest BCUT2D eigenvalue weighted by atomic mass is 28.3. The predicted octanol–water partition coefficient (Wildman–Crippen LogP) is 3.90. The Kier molecular flexibility index (Phi) is 8.12. The van der Waals surface area contributed by atoms with Crippen LogP contribution in [0.25, 0.3) is 0 Å². The standard InChI is InChI=1S/C17H30N2O3Si/c1-6-19(7-2)16-9-8-15(17(20)12-16)13-18-22-14-21-10-11-23(3,4)5/h8-9,12-13,20H,6-7,10-11,14H2,1-5H3/b18-13+. The number of phenolic OH excluding ortho intramolecular Hbond substituents is 1. The fourth-order valence-corrected chi connectivity index (χ4v) is 2.78. The molecular weight excluding hydrogens is 308 g/mol. The van der Waals surface area contributed by atoms with Crippen molar-refractivity contribution in [3.8, 4) is 5.75 Å². The molecule has 0 saturated carbocycles. The van der Waals surface area contributed by atoms with Gasteiger partial charge in [-0.3, -0.25) is 0 Å². The molecule has 0 aliphatic heterocycles. The van der Waals surface area contributed by atoms with Gasteiger partial charge in [0.2, 0.25) is 6.79 Å². The van der Waals surface area contributed by atoms with Crippen molar-refractivity contribution < 1.29 is 14.7 Å². The second-order valence-electron chi connectivity index (χ2n) is 6.62. The van der Waals surface area contributed by atoms with Crippen molar-refractivity contribution in [1.82, 2.24) is 0 Å². The molecule has 0 unspecified atom stereocenters. The number of hydrogen-bond acceptors (Lipinski definition) is 5. The lowest BCUT2D eigenvalue weighted by Crippen LogP contribution is -2.21. The maximum atomic E-state index is 10.1. The van der Waals surface area contributed by atoms with E-state index in [1.54, 1.807) is 6.07 Å². The van der Waals surface area contributed by atoms with E-state index in [0.29, 0.717) is 12.2 Å². The van der Waals surface area contributed by atoms with Gasteiger partial charge in [0.15, 0.2) is 0 Å². The molecule has 0 aliphatic carbocycles. The summed E-state index contributed by atoms with van der Waals surface area (Å²) in [6.07, 6.45) is 1.50.